The molecule has 2 N–H and O–H groups in total. The highest BCUT2D eigenvalue weighted by molar-refractivity contribution is 5.95. The van der Waals surface area contributed by atoms with Gasteiger partial charge >= 0.3 is 5.97 Å². The molecule has 0 saturated heterocycles. The first-order valence-electron chi connectivity index (χ1n) is 6.07. The van der Waals surface area contributed by atoms with Crippen molar-refractivity contribution >= 4 is 11.7 Å². The standard InChI is InChI=1S/C15H14FNO3/c16-12-7-4-8-13(17)14(12)15(18)20-10-9-19-11-5-2-1-3-6-11/h1-8H,9-10,17H2. The van der Waals surface area contributed by atoms with Crippen LogP contribution in [-0.4, -0.2) is 19.2 Å². The van der Waals surface area contributed by atoms with E-state index < -0.39 is 11.8 Å². The highest BCUT2D eigenvalue weighted by Gasteiger charge is 2.16. The molecule has 2 aromatic rings. The molecule has 0 atom stereocenters. The molecule has 2 rings (SSSR count). The van der Waals surface area contributed by atoms with Gasteiger partial charge in [-0.1, -0.05) is 24.3 Å². The van der Waals surface area contributed by atoms with E-state index in [1.165, 1.54) is 12.1 Å². The van der Waals surface area contributed by atoms with E-state index in [0.29, 0.717) is 5.75 Å². The van der Waals surface area contributed by atoms with Gasteiger partial charge in [0.15, 0.2) is 0 Å². The van der Waals surface area contributed by atoms with Gasteiger partial charge in [0.2, 0.25) is 0 Å². The lowest BCUT2D eigenvalue weighted by Crippen LogP contribution is -2.15. The van der Waals surface area contributed by atoms with Crippen molar-refractivity contribution < 1.29 is 18.7 Å². The molecule has 0 aliphatic heterocycles. The molecule has 0 heterocycles. The zero-order chi connectivity index (χ0) is 14.4. The van der Waals surface area contributed by atoms with E-state index in [4.69, 9.17) is 15.2 Å². The van der Waals surface area contributed by atoms with Crippen molar-refractivity contribution in [3.63, 3.8) is 0 Å². The molecule has 0 aliphatic rings. The summed E-state index contributed by atoms with van der Waals surface area (Å²) in [7, 11) is 0. The Labute approximate surface area is 115 Å². The van der Waals surface area contributed by atoms with Gasteiger partial charge in [-0.3, -0.25) is 0 Å². The van der Waals surface area contributed by atoms with Gasteiger partial charge in [-0.25, -0.2) is 9.18 Å². The van der Waals surface area contributed by atoms with Gasteiger partial charge in [0.05, 0.1) is 0 Å². The molecule has 104 valence electrons. The number of halogens is 1. The Hall–Kier alpha value is -2.56. The third kappa shape index (κ3) is 3.47. The van der Waals surface area contributed by atoms with E-state index in [0.717, 1.165) is 6.07 Å². The molecule has 0 aliphatic carbocycles. The Morgan fingerprint density at radius 2 is 1.80 bits per heavy atom. The summed E-state index contributed by atoms with van der Waals surface area (Å²) in [6.45, 7) is 0.200. The van der Waals surface area contributed by atoms with Crippen LogP contribution >= 0.6 is 0 Å². The SMILES string of the molecule is Nc1cccc(F)c1C(=O)OCCOc1ccccc1. The Balaban J connectivity index is 1.84. The van der Waals surface area contributed by atoms with E-state index in [1.54, 1.807) is 12.1 Å². The average molecular weight is 275 g/mol. The fourth-order valence-electron chi connectivity index (χ4n) is 1.64. The summed E-state index contributed by atoms with van der Waals surface area (Å²) >= 11 is 0. The highest BCUT2D eigenvalue weighted by atomic mass is 19.1. The van der Waals surface area contributed by atoms with E-state index in [2.05, 4.69) is 0 Å². The Kier molecular flexibility index (Phi) is 4.55. The van der Waals surface area contributed by atoms with Crippen LogP contribution in [0.2, 0.25) is 0 Å². The van der Waals surface area contributed by atoms with Crippen LogP contribution in [0, 0.1) is 5.82 Å². The summed E-state index contributed by atoms with van der Waals surface area (Å²) in [5.74, 6) is -0.815. The quantitative estimate of drug-likeness (QED) is 0.517. The molecule has 0 spiro atoms. The number of rotatable bonds is 5. The number of nitrogens with two attached hydrogens (primary N) is 1. The van der Waals surface area contributed by atoms with E-state index in [-0.39, 0.29) is 24.5 Å². The lowest BCUT2D eigenvalue weighted by Gasteiger charge is -2.09. The van der Waals surface area contributed by atoms with Gasteiger partial charge in [0.1, 0.15) is 30.3 Å². The van der Waals surface area contributed by atoms with Crippen molar-refractivity contribution in [1.82, 2.24) is 0 Å². The Morgan fingerprint density at radius 3 is 2.50 bits per heavy atom. The second-order valence-corrected chi connectivity index (χ2v) is 4.00. The van der Waals surface area contributed by atoms with Crippen LogP contribution in [0.1, 0.15) is 10.4 Å². The van der Waals surface area contributed by atoms with Crippen LogP contribution in [0.25, 0.3) is 0 Å². The normalized spacial score (nSPS) is 10.1. The van der Waals surface area contributed by atoms with Crippen LogP contribution in [0.15, 0.2) is 48.5 Å². The molecule has 5 heteroatoms. The topological polar surface area (TPSA) is 61.6 Å². The first-order chi connectivity index (χ1) is 9.68. The molecule has 0 unspecified atom stereocenters. The molecule has 0 fully saturated rings. The Bertz CT molecular complexity index is 567. The summed E-state index contributed by atoms with van der Waals surface area (Å²) in [6, 6.07) is 13.2. The number of nitrogen functional groups attached to an aromatic ring is 1. The highest BCUT2D eigenvalue weighted by Crippen LogP contribution is 2.16. The van der Waals surface area contributed by atoms with Gasteiger partial charge in [0, 0.05) is 5.69 Å². The van der Waals surface area contributed by atoms with Gasteiger partial charge in [-0.05, 0) is 24.3 Å². The second kappa shape index (κ2) is 6.56. The predicted octanol–water partition coefficient (Wildman–Crippen LogP) is 2.64. The number of hydrogen-bond acceptors (Lipinski definition) is 4. The van der Waals surface area contributed by atoms with Crippen LogP contribution in [0.5, 0.6) is 5.75 Å². The minimum Gasteiger partial charge on any atom is -0.490 e. The number of benzene rings is 2. The maximum Gasteiger partial charge on any atom is 0.343 e. The zero-order valence-electron chi connectivity index (χ0n) is 10.7. The van der Waals surface area contributed by atoms with Crippen molar-refractivity contribution in [1.29, 1.82) is 0 Å². The maximum atomic E-state index is 13.5. The predicted molar refractivity (Wildman–Crippen MR) is 73.0 cm³/mol. The van der Waals surface area contributed by atoms with Crippen LogP contribution in [0.4, 0.5) is 10.1 Å². The van der Waals surface area contributed by atoms with Crippen LogP contribution in [0.3, 0.4) is 0 Å². The first-order valence-corrected chi connectivity index (χ1v) is 6.07. The van der Waals surface area contributed by atoms with Crippen molar-refractivity contribution in [3.8, 4) is 5.75 Å². The van der Waals surface area contributed by atoms with Gasteiger partial charge in [0.25, 0.3) is 0 Å². The van der Waals surface area contributed by atoms with Crippen molar-refractivity contribution in [3.05, 3.63) is 59.9 Å². The van der Waals surface area contributed by atoms with Gasteiger partial charge in [-0.2, -0.15) is 0 Å². The van der Waals surface area contributed by atoms with E-state index >= 15 is 0 Å². The van der Waals surface area contributed by atoms with E-state index in [9.17, 15) is 9.18 Å². The molecule has 0 radical (unpaired) electrons. The van der Waals surface area contributed by atoms with Crippen LogP contribution in [-0.2, 0) is 4.74 Å². The number of carbonyl (C=O) groups is 1. The minimum atomic E-state index is -0.794. The monoisotopic (exact) mass is 275 g/mol. The lowest BCUT2D eigenvalue weighted by atomic mass is 10.2. The molecular weight excluding hydrogens is 261 g/mol. The largest absolute Gasteiger partial charge is 0.490 e. The number of carbonyl (C=O) groups excluding carboxylic acids is 1. The zero-order valence-corrected chi connectivity index (χ0v) is 10.7. The summed E-state index contributed by atoms with van der Waals surface area (Å²) in [5, 5.41) is 0. The average Bonchev–Trinajstić information content (AvgIpc) is 2.44. The minimum absolute atomic E-state index is 0.0154. The van der Waals surface area contributed by atoms with Crippen molar-refractivity contribution in [2.24, 2.45) is 0 Å². The molecule has 0 saturated carbocycles. The molecule has 4 nitrogen and oxygen atoms in total. The van der Waals surface area contributed by atoms with Crippen molar-refractivity contribution in [2.45, 2.75) is 0 Å². The smallest absolute Gasteiger partial charge is 0.343 e. The van der Waals surface area contributed by atoms with E-state index in [1.807, 2.05) is 18.2 Å². The number of ether oxygens (including phenoxy) is 2. The molecule has 2 aromatic carbocycles. The fourth-order valence-corrected chi connectivity index (χ4v) is 1.64. The lowest BCUT2D eigenvalue weighted by molar-refractivity contribution is 0.0446. The van der Waals surface area contributed by atoms with Gasteiger partial charge < -0.3 is 15.2 Å². The summed E-state index contributed by atoms with van der Waals surface area (Å²) in [4.78, 5) is 11.7. The number of hydrogen-bond donors (Lipinski definition) is 1. The third-order valence-electron chi connectivity index (χ3n) is 2.58. The summed E-state index contributed by atoms with van der Waals surface area (Å²) in [5.41, 5.74) is 5.36. The van der Waals surface area contributed by atoms with Crippen LogP contribution < -0.4 is 10.5 Å². The summed E-state index contributed by atoms with van der Waals surface area (Å²) in [6.07, 6.45) is 0. The molecule has 20 heavy (non-hydrogen) atoms. The summed E-state index contributed by atoms with van der Waals surface area (Å²) < 4.78 is 23.7. The number of para-hydroxylation sites is 1. The second-order valence-electron chi connectivity index (χ2n) is 4.00. The molecule has 0 aromatic heterocycles. The molecular formula is C15H14FNO3. The number of anilines is 1. The fraction of sp³-hybridized carbons (Fsp3) is 0.133. The molecule has 0 bridgehead atoms. The third-order valence-corrected chi connectivity index (χ3v) is 2.58. The Morgan fingerprint density at radius 1 is 1.05 bits per heavy atom. The molecule has 0 amide bonds. The van der Waals surface area contributed by atoms with Gasteiger partial charge in [-0.15, -0.1) is 0 Å². The van der Waals surface area contributed by atoms with Crippen molar-refractivity contribution in [2.75, 3.05) is 18.9 Å². The first kappa shape index (κ1) is 13.9. The maximum absolute atomic E-state index is 13.5. The number of esters is 1.